The molecule has 0 heterocycles. The molecule has 1 aliphatic carbocycles. The first kappa shape index (κ1) is 19.0. The molecule has 1 unspecified atom stereocenters. The molecule has 0 spiro atoms. The molecule has 3 nitrogen and oxygen atoms in total. The number of esters is 1. The van der Waals surface area contributed by atoms with Gasteiger partial charge in [-0.05, 0) is 37.1 Å². The number of hydrogen-bond acceptors (Lipinski definition) is 4. The van der Waals surface area contributed by atoms with Gasteiger partial charge < -0.3 is 9.84 Å². The number of carbonyl (C=O) groups excluding carboxylic acids is 1. The van der Waals surface area contributed by atoms with Crippen LogP contribution in [0.5, 0.6) is 0 Å². The summed E-state index contributed by atoms with van der Waals surface area (Å²) in [5.74, 6) is -0.328. The van der Waals surface area contributed by atoms with Crippen LogP contribution >= 0.6 is 11.8 Å². The van der Waals surface area contributed by atoms with Crippen LogP contribution in [0.2, 0.25) is 0 Å². The van der Waals surface area contributed by atoms with Crippen LogP contribution in [0.1, 0.15) is 48.9 Å². The average Bonchev–Trinajstić information content (AvgIpc) is 2.70. The Morgan fingerprint density at radius 1 is 1.00 bits per heavy atom. The molecule has 1 atom stereocenters. The van der Waals surface area contributed by atoms with E-state index in [1.54, 1.807) is 23.9 Å². The number of hydrogen-bond donors (Lipinski definition) is 1. The fourth-order valence-corrected chi connectivity index (χ4v) is 5.07. The number of ether oxygens (including phenoxy) is 1. The molecule has 0 radical (unpaired) electrons. The highest BCUT2D eigenvalue weighted by molar-refractivity contribution is 8.00. The Morgan fingerprint density at radius 2 is 1.62 bits per heavy atom. The highest BCUT2D eigenvalue weighted by atomic mass is 32.2. The quantitative estimate of drug-likeness (QED) is 0.690. The Kier molecular flexibility index (Phi) is 6.75. The van der Waals surface area contributed by atoms with Gasteiger partial charge in [-0.15, -0.1) is 11.8 Å². The van der Waals surface area contributed by atoms with E-state index < -0.39 is 6.10 Å². The number of aliphatic hydroxyl groups is 1. The van der Waals surface area contributed by atoms with Crippen molar-refractivity contribution in [3.8, 4) is 0 Å². The van der Waals surface area contributed by atoms with Gasteiger partial charge in [-0.3, -0.25) is 0 Å². The minimum Gasteiger partial charge on any atom is -0.462 e. The topological polar surface area (TPSA) is 46.5 Å². The Morgan fingerprint density at radius 3 is 2.27 bits per heavy atom. The zero-order valence-electron chi connectivity index (χ0n) is 15.0. The van der Waals surface area contributed by atoms with Gasteiger partial charge in [0.25, 0.3) is 0 Å². The molecule has 1 aliphatic rings. The highest BCUT2D eigenvalue weighted by Gasteiger charge is 2.40. The van der Waals surface area contributed by atoms with E-state index in [4.69, 9.17) is 4.74 Å². The summed E-state index contributed by atoms with van der Waals surface area (Å²) in [6.45, 7) is 0.242. The smallest absolute Gasteiger partial charge is 0.338 e. The summed E-state index contributed by atoms with van der Waals surface area (Å²) in [5, 5.41) is 11.0. The molecule has 138 valence electrons. The number of aliphatic hydroxyl groups excluding tert-OH is 1. The van der Waals surface area contributed by atoms with Crippen molar-refractivity contribution in [2.75, 3.05) is 6.61 Å². The van der Waals surface area contributed by atoms with Gasteiger partial charge in [-0.25, -0.2) is 4.79 Å². The number of carbonyl (C=O) groups is 1. The van der Waals surface area contributed by atoms with Crippen molar-refractivity contribution >= 4 is 17.7 Å². The van der Waals surface area contributed by atoms with Gasteiger partial charge in [0.15, 0.2) is 0 Å². The van der Waals surface area contributed by atoms with Crippen molar-refractivity contribution in [3.63, 3.8) is 0 Å². The molecule has 0 aromatic heterocycles. The maximum Gasteiger partial charge on any atom is 0.338 e. The van der Waals surface area contributed by atoms with Crippen LogP contribution in [0.15, 0.2) is 65.6 Å². The molecule has 1 N–H and O–H groups in total. The van der Waals surface area contributed by atoms with E-state index in [9.17, 15) is 9.90 Å². The molecule has 2 aromatic carbocycles. The molecule has 0 amide bonds. The fourth-order valence-electron chi connectivity index (χ4n) is 3.56. The molecular formula is C22H26O3S. The molecule has 4 heteroatoms. The third kappa shape index (κ3) is 4.89. The Labute approximate surface area is 159 Å². The lowest BCUT2D eigenvalue weighted by Crippen LogP contribution is -2.41. The molecular weight excluding hydrogens is 344 g/mol. The summed E-state index contributed by atoms with van der Waals surface area (Å²) in [5.41, 5.74) is 0.549. The largest absolute Gasteiger partial charge is 0.462 e. The molecule has 26 heavy (non-hydrogen) atoms. The van der Waals surface area contributed by atoms with Gasteiger partial charge >= 0.3 is 5.97 Å². The Hall–Kier alpha value is -1.78. The first-order valence-electron chi connectivity index (χ1n) is 9.34. The molecule has 1 saturated carbocycles. The highest BCUT2D eigenvalue weighted by Crippen LogP contribution is 2.46. The SMILES string of the molecule is O=C(OCCC(O)C1(Sc2ccccc2)CCCCC1)c1ccccc1. The summed E-state index contributed by atoms with van der Waals surface area (Å²) in [4.78, 5) is 13.3. The first-order chi connectivity index (χ1) is 12.7. The van der Waals surface area contributed by atoms with Crippen LogP contribution in [-0.4, -0.2) is 28.5 Å². The van der Waals surface area contributed by atoms with Crippen LogP contribution < -0.4 is 0 Å². The lowest BCUT2D eigenvalue weighted by molar-refractivity contribution is 0.0358. The van der Waals surface area contributed by atoms with Crippen LogP contribution in [0.4, 0.5) is 0 Å². The van der Waals surface area contributed by atoms with E-state index in [0.29, 0.717) is 12.0 Å². The van der Waals surface area contributed by atoms with E-state index in [0.717, 1.165) is 25.7 Å². The third-order valence-corrected chi connectivity index (χ3v) is 6.60. The Balaban J connectivity index is 1.59. The van der Waals surface area contributed by atoms with Crippen LogP contribution in [0.3, 0.4) is 0 Å². The third-order valence-electron chi connectivity index (χ3n) is 5.01. The first-order valence-corrected chi connectivity index (χ1v) is 10.2. The monoisotopic (exact) mass is 370 g/mol. The van der Waals surface area contributed by atoms with Gasteiger partial charge in [0.1, 0.15) is 0 Å². The minimum absolute atomic E-state index is 0.182. The minimum atomic E-state index is -0.489. The maximum absolute atomic E-state index is 12.1. The maximum atomic E-state index is 12.1. The zero-order chi connectivity index (χ0) is 18.2. The van der Waals surface area contributed by atoms with E-state index in [1.807, 2.05) is 36.4 Å². The van der Waals surface area contributed by atoms with E-state index in [-0.39, 0.29) is 17.3 Å². The molecule has 0 aliphatic heterocycles. The second kappa shape index (κ2) is 9.24. The second-order valence-corrected chi connectivity index (χ2v) is 8.34. The van der Waals surface area contributed by atoms with Crippen molar-refractivity contribution in [1.82, 2.24) is 0 Å². The van der Waals surface area contributed by atoms with Crippen molar-refractivity contribution in [1.29, 1.82) is 0 Å². The molecule has 1 fully saturated rings. The van der Waals surface area contributed by atoms with Crippen molar-refractivity contribution in [3.05, 3.63) is 66.2 Å². The van der Waals surface area contributed by atoms with Crippen molar-refractivity contribution < 1.29 is 14.6 Å². The Bertz CT molecular complexity index is 681. The van der Waals surface area contributed by atoms with Gasteiger partial charge in [0.2, 0.25) is 0 Å². The molecule has 3 rings (SSSR count). The van der Waals surface area contributed by atoms with Gasteiger partial charge in [0, 0.05) is 16.1 Å². The standard InChI is InChI=1S/C22H26O3S/c23-20(14-17-25-21(24)18-10-4-1-5-11-18)22(15-8-3-9-16-22)26-19-12-6-2-7-13-19/h1-2,4-7,10-13,20,23H,3,8-9,14-17H2. The molecule has 0 bridgehead atoms. The summed E-state index contributed by atoms with van der Waals surface area (Å²) < 4.78 is 5.19. The zero-order valence-corrected chi connectivity index (χ0v) is 15.8. The lowest BCUT2D eigenvalue weighted by atomic mass is 9.83. The number of thioether (sulfide) groups is 1. The summed E-state index contributed by atoms with van der Waals surface area (Å²) >= 11 is 1.78. The van der Waals surface area contributed by atoms with Gasteiger partial charge in [-0.1, -0.05) is 55.7 Å². The summed E-state index contributed by atoms with van der Waals surface area (Å²) in [6.07, 6.45) is 5.49. The predicted octanol–water partition coefficient (Wildman–Crippen LogP) is 5.09. The fraction of sp³-hybridized carbons (Fsp3) is 0.409. The average molecular weight is 371 g/mol. The molecule has 0 saturated heterocycles. The second-order valence-electron chi connectivity index (χ2n) is 6.85. The molecule has 2 aromatic rings. The summed E-state index contributed by atoms with van der Waals surface area (Å²) in [7, 11) is 0. The van der Waals surface area contributed by atoms with Gasteiger partial charge in [0.05, 0.1) is 18.3 Å². The van der Waals surface area contributed by atoms with Crippen LogP contribution in [0.25, 0.3) is 0 Å². The van der Waals surface area contributed by atoms with Crippen LogP contribution in [0, 0.1) is 0 Å². The number of rotatable bonds is 7. The van der Waals surface area contributed by atoms with E-state index in [1.165, 1.54) is 11.3 Å². The van der Waals surface area contributed by atoms with Crippen LogP contribution in [-0.2, 0) is 4.74 Å². The van der Waals surface area contributed by atoms with E-state index in [2.05, 4.69) is 12.1 Å². The van der Waals surface area contributed by atoms with E-state index >= 15 is 0 Å². The number of benzene rings is 2. The summed E-state index contributed by atoms with van der Waals surface area (Å²) in [6, 6.07) is 19.3. The van der Waals surface area contributed by atoms with Gasteiger partial charge in [-0.2, -0.15) is 0 Å². The predicted molar refractivity (Wildman–Crippen MR) is 105 cm³/mol. The van der Waals surface area contributed by atoms with Crippen molar-refractivity contribution in [2.24, 2.45) is 0 Å². The normalized spacial score (nSPS) is 17.4. The van der Waals surface area contributed by atoms with Crippen molar-refractivity contribution in [2.45, 2.75) is 54.3 Å². The lowest BCUT2D eigenvalue weighted by Gasteiger charge is -2.40.